The summed E-state index contributed by atoms with van der Waals surface area (Å²) in [5, 5.41) is 3.16. The molecule has 0 aliphatic heterocycles. The Balaban J connectivity index is 2.91. The number of ether oxygens (including phenoxy) is 1. The van der Waals surface area contributed by atoms with Crippen LogP contribution in [0.4, 0.5) is 5.69 Å². The van der Waals surface area contributed by atoms with Crippen LogP contribution in [0.1, 0.15) is 32.3 Å². The number of rotatable bonds is 8. The van der Waals surface area contributed by atoms with Crippen LogP contribution in [0.25, 0.3) is 0 Å². The van der Waals surface area contributed by atoms with Gasteiger partial charge in [-0.3, -0.25) is 0 Å². The van der Waals surface area contributed by atoms with Gasteiger partial charge in [-0.15, -0.1) is 0 Å². The van der Waals surface area contributed by atoms with Crippen molar-refractivity contribution in [1.29, 1.82) is 0 Å². The SMILES string of the molecule is CCCCN(CC)c1ccc(CNC)cc1OC. The van der Waals surface area contributed by atoms with Gasteiger partial charge in [-0.25, -0.2) is 0 Å². The van der Waals surface area contributed by atoms with E-state index in [1.54, 1.807) is 7.11 Å². The fourth-order valence-electron chi connectivity index (χ4n) is 2.10. The van der Waals surface area contributed by atoms with Crippen LogP contribution in [0, 0.1) is 0 Å². The maximum Gasteiger partial charge on any atom is 0.142 e. The lowest BCUT2D eigenvalue weighted by Gasteiger charge is -2.25. The van der Waals surface area contributed by atoms with E-state index in [0.29, 0.717) is 0 Å². The second-order valence-corrected chi connectivity index (χ2v) is 4.47. The summed E-state index contributed by atoms with van der Waals surface area (Å²) < 4.78 is 5.53. The smallest absolute Gasteiger partial charge is 0.142 e. The number of unbranched alkanes of at least 4 members (excludes halogenated alkanes) is 1. The number of methoxy groups -OCH3 is 1. The molecule has 1 aromatic carbocycles. The molecule has 0 fully saturated rings. The molecule has 0 atom stereocenters. The van der Waals surface area contributed by atoms with Gasteiger partial charge in [0.2, 0.25) is 0 Å². The second kappa shape index (κ2) is 7.98. The van der Waals surface area contributed by atoms with E-state index in [1.165, 1.54) is 24.1 Å². The Morgan fingerprint density at radius 2 is 2.06 bits per heavy atom. The average molecular weight is 250 g/mol. The molecule has 0 heterocycles. The molecular formula is C15H26N2O. The molecule has 0 spiro atoms. The van der Waals surface area contributed by atoms with Gasteiger partial charge in [0.15, 0.2) is 0 Å². The van der Waals surface area contributed by atoms with Gasteiger partial charge in [0.05, 0.1) is 12.8 Å². The molecule has 18 heavy (non-hydrogen) atoms. The van der Waals surface area contributed by atoms with Crippen molar-refractivity contribution in [2.24, 2.45) is 0 Å². The molecule has 3 heteroatoms. The number of hydrogen-bond donors (Lipinski definition) is 1. The Labute approximate surface area is 111 Å². The average Bonchev–Trinajstić information content (AvgIpc) is 2.41. The van der Waals surface area contributed by atoms with E-state index >= 15 is 0 Å². The minimum absolute atomic E-state index is 0.873. The number of nitrogens with one attached hydrogen (secondary N) is 1. The summed E-state index contributed by atoms with van der Waals surface area (Å²) in [6.45, 7) is 7.39. The first kappa shape index (κ1) is 14.8. The fraction of sp³-hybridized carbons (Fsp3) is 0.600. The largest absolute Gasteiger partial charge is 0.495 e. The van der Waals surface area contributed by atoms with E-state index in [2.05, 4.69) is 42.3 Å². The molecule has 0 saturated heterocycles. The zero-order valence-corrected chi connectivity index (χ0v) is 12.1. The van der Waals surface area contributed by atoms with Crippen molar-refractivity contribution < 1.29 is 4.74 Å². The highest BCUT2D eigenvalue weighted by molar-refractivity contribution is 5.59. The Hall–Kier alpha value is -1.22. The lowest BCUT2D eigenvalue weighted by Crippen LogP contribution is -2.24. The van der Waals surface area contributed by atoms with Crippen molar-refractivity contribution in [3.05, 3.63) is 23.8 Å². The third-order valence-corrected chi connectivity index (χ3v) is 3.13. The molecule has 1 N–H and O–H groups in total. The monoisotopic (exact) mass is 250 g/mol. The van der Waals surface area contributed by atoms with Crippen LogP contribution < -0.4 is 15.0 Å². The fourth-order valence-corrected chi connectivity index (χ4v) is 2.10. The number of nitrogens with zero attached hydrogens (tertiary/aromatic N) is 1. The van der Waals surface area contributed by atoms with E-state index in [-0.39, 0.29) is 0 Å². The molecule has 0 unspecified atom stereocenters. The molecule has 0 aromatic heterocycles. The molecule has 1 rings (SSSR count). The van der Waals surface area contributed by atoms with Gasteiger partial charge in [0, 0.05) is 19.6 Å². The van der Waals surface area contributed by atoms with Crippen molar-refractivity contribution in [1.82, 2.24) is 5.32 Å². The molecule has 102 valence electrons. The summed E-state index contributed by atoms with van der Waals surface area (Å²) in [6.07, 6.45) is 2.44. The van der Waals surface area contributed by atoms with Crippen LogP contribution >= 0.6 is 0 Å². The summed E-state index contributed by atoms with van der Waals surface area (Å²) in [4.78, 5) is 2.38. The van der Waals surface area contributed by atoms with Crippen molar-refractivity contribution in [2.75, 3.05) is 32.1 Å². The zero-order chi connectivity index (χ0) is 13.4. The summed E-state index contributed by atoms with van der Waals surface area (Å²) in [7, 11) is 3.70. The highest BCUT2D eigenvalue weighted by Gasteiger charge is 2.10. The first-order valence-corrected chi connectivity index (χ1v) is 6.83. The third kappa shape index (κ3) is 3.91. The van der Waals surface area contributed by atoms with E-state index < -0.39 is 0 Å². The van der Waals surface area contributed by atoms with Gasteiger partial charge >= 0.3 is 0 Å². The Bertz CT molecular complexity index is 352. The van der Waals surface area contributed by atoms with Gasteiger partial charge in [-0.2, -0.15) is 0 Å². The molecule has 3 nitrogen and oxygen atoms in total. The highest BCUT2D eigenvalue weighted by atomic mass is 16.5. The van der Waals surface area contributed by atoms with Gasteiger partial charge < -0.3 is 15.0 Å². The van der Waals surface area contributed by atoms with E-state index in [4.69, 9.17) is 4.74 Å². The summed E-state index contributed by atoms with van der Waals surface area (Å²) >= 11 is 0. The molecule has 0 bridgehead atoms. The van der Waals surface area contributed by atoms with Crippen LogP contribution in [0.15, 0.2) is 18.2 Å². The molecule has 1 aromatic rings. The molecule has 0 aliphatic rings. The summed E-state index contributed by atoms with van der Waals surface area (Å²) in [5.74, 6) is 0.973. The van der Waals surface area contributed by atoms with Crippen LogP contribution in [0.5, 0.6) is 5.75 Å². The first-order valence-electron chi connectivity index (χ1n) is 6.83. The predicted octanol–water partition coefficient (Wildman–Crippen LogP) is 3.04. The van der Waals surface area contributed by atoms with Crippen molar-refractivity contribution in [3.63, 3.8) is 0 Å². The Morgan fingerprint density at radius 1 is 1.28 bits per heavy atom. The normalized spacial score (nSPS) is 10.4. The quantitative estimate of drug-likeness (QED) is 0.767. The minimum atomic E-state index is 0.873. The topological polar surface area (TPSA) is 24.5 Å². The summed E-state index contributed by atoms with van der Waals surface area (Å²) in [6, 6.07) is 6.47. The number of anilines is 1. The van der Waals surface area contributed by atoms with Crippen molar-refractivity contribution >= 4 is 5.69 Å². The lowest BCUT2D eigenvalue weighted by molar-refractivity contribution is 0.413. The zero-order valence-electron chi connectivity index (χ0n) is 12.1. The van der Waals surface area contributed by atoms with Gasteiger partial charge in [-0.05, 0) is 38.1 Å². The van der Waals surface area contributed by atoms with Crippen LogP contribution in [0.2, 0.25) is 0 Å². The number of benzene rings is 1. The van der Waals surface area contributed by atoms with Crippen LogP contribution in [-0.2, 0) is 6.54 Å². The van der Waals surface area contributed by atoms with Crippen LogP contribution in [-0.4, -0.2) is 27.2 Å². The predicted molar refractivity (Wildman–Crippen MR) is 78.6 cm³/mol. The molecule has 0 radical (unpaired) electrons. The van der Waals surface area contributed by atoms with Crippen molar-refractivity contribution in [3.8, 4) is 5.75 Å². The second-order valence-electron chi connectivity index (χ2n) is 4.47. The van der Waals surface area contributed by atoms with E-state index in [9.17, 15) is 0 Å². The van der Waals surface area contributed by atoms with Gasteiger partial charge in [0.1, 0.15) is 5.75 Å². The third-order valence-electron chi connectivity index (χ3n) is 3.13. The first-order chi connectivity index (χ1) is 8.76. The maximum absolute atomic E-state index is 5.53. The maximum atomic E-state index is 5.53. The van der Waals surface area contributed by atoms with Crippen molar-refractivity contribution in [2.45, 2.75) is 33.2 Å². The summed E-state index contributed by atoms with van der Waals surface area (Å²) in [5.41, 5.74) is 2.46. The number of hydrogen-bond acceptors (Lipinski definition) is 3. The minimum Gasteiger partial charge on any atom is -0.495 e. The van der Waals surface area contributed by atoms with Crippen LogP contribution in [0.3, 0.4) is 0 Å². The Kier molecular flexibility index (Phi) is 6.58. The van der Waals surface area contributed by atoms with Gasteiger partial charge in [-0.1, -0.05) is 19.4 Å². The lowest BCUT2D eigenvalue weighted by atomic mass is 10.1. The molecule has 0 aliphatic carbocycles. The standard InChI is InChI=1S/C15H26N2O/c1-5-7-10-17(6-2)14-9-8-13(12-16-3)11-15(14)18-4/h8-9,11,16H,5-7,10,12H2,1-4H3. The molecular weight excluding hydrogens is 224 g/mol. The molecule has 0 amide bonds. The van der Waals surface area contributed by atoms with E-state index in [1.807, 2.05) is 7.05 Å². The Morgan fingerprint density at radius 3 is 2.61 bits per heavy atom. The highest BCUT2D eigenvalue weighted by Crippen LogP contribution is 2.29. The van der Waals surface area contributed by atoms with Gasteiger partial charge in [0.25, 0.3) is 0 Å². The molecule has 0 saturated carbocycles. The van der Waals surface area contributed by atoms with E-state index in [0.717, 1.165) is 25.4 Å².